The molecule has 0 saturated carbocycles. The minimum atomic E-state index is -0.617. The van der Waals surface area contributed by atoms with E-state index in [0.717, 1.165) is 6.07 Å². The first-order chi connectivity index (χ1) is 8.08. The van der Waals surface area contributed by atoms with Crippen molar-refractivity contribution in [1.29, 1.82) is 0 Å². The van der Waals surface area contributed by atoms with Crippen molar-refractivity contribution in [3.63, 3.8) is 0 Å². The maximum absolute atomic E-state index is 13.5. The quantitative estimate of drug-likeness (QED) is 0.805. The standard InChI is InChI=1S/C12H15F2NO2/c1-15-11(5-6-12(16)17-2)9-4-3-8(13)7-10(9)14/h3-4,7,11,15H,5-6H2,1-2H3. The summed E-state index contributed by atoms with van der Waals surface area (Å²) in [7, 11) is 2.96. The Hall–Kier alpha value is -1.49. The summed E-state index contributed by atoms with van der Waals surface area (Å²) in [5.41, 5.74) is 0.345. The summed E-state index contributed by atoms with van der Waals surface area (Å²) in [6, 6.07) is 3.07. The Bertz CT molecular complexity index is 396. The molecule has 1 aromatic rings. The van der Waals surface area contributed by atoms with E-state index in [2.05, 4.69) is 10.1 Å². The van der Waals surface area contributed by atoms with Gasteiger partial charge in [0.2, 0.25) is 0 Å². The second kappa shape index (κ2) is 6.30. The molecule has 0 radical (unpaired) electrons. The molecule has 0 heterocycles. The molecule has 1 aromatic carbocycles. The van der Waals surface area contributed by atoms with E-state index in [0.29, 0.717) is 12.0 Å². The van der Waals surface area contributed by atoms with Gasteiger partial charge in [0, 0.05) is 24.1 Å². The second-order valence-electron chi connectivity index (χ2n) is 3.62. The van der Waals surface area contributed by atoms with E-state index in [1.165, 1.54) is 19.2 Å². The Morgan fingerprint density at radius 2 is 2.18 bits per heavy atom. The van der Waals surface area contributed by atoms with Gasteiger partial charge in [-0.05, 0) is 19.5 Å². The highest BCUT2D eigenvalue weighted by Gasteiger charge is 2.16. The van der Waals surface area contributed by atoms with Gasteiger partial charge < -0.3 is 10.1 Å². The summed E-state index contributed by atoms with van der Waals surface area (Å²) in [5.74, 6) is -1.59. The molecule has 1 unspecified atom stereocenters. The molecular weight excluding hydrogens is 228 g/mol. The Balaban J connectivity index is 2.75. The molecule has 0 aliphatic heterocycles. The largest absolute Gasteiger partial charge is 0.469 e. The van der Waals surface area contributed by atoms with Crippen LogP contribution < -0.4 is 5.32 Å². The predicted molar refractivity (Wildman–Crippen MR) is 59.4 cm³/mol. The molecule has 17 heavy (non-hydrogen) atoms. The zero-order valence-electron chi connectivity index (χ0n) is 9.80. The molecule has 0 aromatic heterocycles. The molecule has 1 N–H and O–H groups in total. The number of carbonyl (C=O) groups excluding carboxylic acids is 1. The molecule has 0 bridgehead atoms. The van der Waals surface area contributed by atoms with Crippen LogP contribution in [0.5, 0.6) is 0 Å². The zero-order valence-corrected chi connectivity index (χ0v) is 9.80. The van der Waals surface area contributed by atoms with Gasteiger partial charge in [0.1, 0.15) is 11.6 Å². The van der Waals surface area contributed by atoms with Gasteiger partial charge in [-0.1, -0.05) is 6.07 Å². The van der Waals surface area contributed by atoms with Gasteiger partial charge in [0.15, 0.2) is 0 Å². The van der Waals surface area contributed by atoms with E-state index in [-0.39, 0.29) is 18.4 Å². The number of ether oxygens (including phenoxy) is 1. The van der Waals surface area contributed by atoms with Crippen molar-refractivity contribution in [3.05, 3.63) is 35.4 Å². The van der Waals surface area contributed by atoms with Gasteiger partial charge in [-0.2, -0.15) is 0 Å². The smallest absolute Gasteiger partial charge is 0.305 e. The second-order valence-corrected chi connectivity index (χ2v) is 3.62. The number of benzene rings is 1. The van der Waals surface area contributed by atoms with Crippen molar-refractivity contribution in [2.24, 2.45) is 0 Å². The monoisotopic (exact) mass is 243 g/mol. The number of esters is 1. The van der Waals surface area contributed by atoms with E-state index >= 15 is 0 Å². The summed E-state index contributed by atoms with van der Waals surface area (Å²) in [4.78, 5) is 11.0. The van der Waals surface area contributed by atoms with Gasteiger partial charge in [-0.15, -0.1) is 0 Å². The summed E-state index contributed by atoms with van der Waals surface area (Å²) < 4.78 is 30.8. The van der Waals surface area contributed by atoms with Crippen LogP contribution in [0.4, 0.5) is 8.78 Å². The van der Waals surface area contributed by atoms with Crippen molar-refractivity contribution >= 4 is 5.97 Å². The van der Waals surface area contributed by atoms with Crippen LogP contribution >= 0.6 is 0 Å². The SMILES string of the molecule is CNC(CCC(=O)OC)c1ccc(F)cc1F. The number of carbonyl (C=O) groups is 1. The van der Waals surface area contributed by atoms with Gasteiger partial charge in [-0.3, -0.25) is 4.79 Å². The fourth-order valence-electron chi connectivity index (χ4n) is 1.60. The van der Waals surface area contributed by atoms with Gasteiger partial charge in [0.25, 0.3) is 0 Å². The van der Waals surface area contributed by atoms with Crippen LogP contribution in [0, 0.1) is 11.6 Å². The van der Waals surface area contributed by atoms with Crippen LogP contribution in [-0.4, -0.2) is 20.1 Å². The number of hydrogen-bond acceptors (Lipinski definition) is 3. The third-order valence-corrected chi connectivity index (χ3v) is 2.55. The average Bonchev–Trinajstić information content (AvgIpc) is 2.31. The highest BCUT2D eigenvalue weighted by atomic mass is 19.1. The lowest BCUT2D eigenvalue weighted by atomic mass is 10.0. The van der Waals surface area contributed by atoms with Gasteiger partial charge in [0.05, 0.1) is 7.11 Å². The number of halogens is 2. The summed E-state index contributed by atoms with van der Waals surface area (Å²) in [6.07, 6.45) is 0.574. The molecular formula is C12H15F2NO2. The Kier molecular flexibility index (Phi) is 5.03. The first-order valence-electron chi connectivity index (χ1n) is 5.27. The number of methoxy groups -OCH3 is 1. The third-order valence-electron chi connectivity index (χ3n) is 2.55. The van der Waals surface area contributed by atoms with Crippen molar-refractivity contribution in [1.82, 2.24) is 5.32 Å². The molecule has 0 amide bonds. The van der Waals surface area contributed by atoms with E-state index < -0.39 is 11.6 Å². The molecule has 0 fully saturated rings. The zero-order chi connectivity index (χ0) is 12.8. The predicted octanol–water partition coefficient (Wildman–Crippen LogP) is 2.18. The van der Waals surface area contributed by atoms with E-state index in [4.69, 9.17) is 0 Å². The Morgan fingerprint density at radius 1 is 1.47 bits per heavy atom. The molecule has 5 heteroatoms. The lowest BCUT2D eigenvalue weighted by molar-refractivity contribution is -0.140. The van der Waals surface area contributed by atoms with E-state index in [9.17, 15) is 13.6 Å². The van der Waals surface area contributed by atoms with Crippen LogP contribution in [-0.2, 0) is 9.53 Å². The number of nitrogens with one attached hydrogen (secondary N) is 1. The lowest BCUT2D eigenvalue weighted by Gasteiger charge is -2.16. The molecule has 0 aliphatic carbocycles. The van der Waals surface area contributed by atoms with Crippen LogP contribution in [0.2, 0.25) is 0 Å². The van der Waals surface area contributed by atoms with Crippen molar-refractivity contribution < 1.29 is 18.3 Å². The average molecular weight is 243 g/mol. The molecule has 94 valence electrons. The maximum Gasteiger partial charge on any atom is 0.305 e. The third kappa shape index (κ3) is 3.78. The topological polar surface area (TPSA) is 38.3 Å². The van der Waals surface area contributed by atoms with E-state index in [1.807, 2.05) is 0 Å². The van der Waals surface area contributed by atoms with E-state index in [1.54, 1.807) is 7.05 Å². The fourth-order valence-corrected chi connectivity index (χ4v) is 1.60. The molecule has 0 spiro atoms. The van der Waals surface area contributed by atoms with Crippen molar-refractivity contribution in [2.75, 3.05) is 14.2 Å². The molecule has 0 aliphatic rings. The molecule has 0 saturated heterocycles. The minimum Gasteiger partial charge on any atom is -0.469 e. The molecule has 3 nitrogen and oxygen atoms in total. The Morgan fingerprint density at radius 3 is 2.71 bits per heavy atom. The first-order valence-corrected chi connectivity index (χ1v) is 5.27. The summed E-state index contributed by atoms with van der Waals surface area (Å²) in [5, 5.41) is 2.89. The molecule has 1 rings (SSSR count). The minimum absolute atomic E-state index is 0.179. The van der Waals surface area contributed by atoms with Gasteiger partial charge >= 0.3 is 5.97 Å². The normalized spacial score (nSPS) is 12.2. The van der Waals surface area contributed by atoms with Crippen LogP contribution in [0.25, 0.3) is 0 Å². The lowest BCUT2D eigenvalue weighted by Crippen LogP contribution is -2.19. The van der Waals surface area contributed by atoms with Crippen molar-refractivity contribution in [2.45, 2.75) is 18.9 Å². The number of hydrogen-bond donors (Lipinski definition) is 1. The summed E-state index contributed by atoms with van der Waals surface area (Å²) >= 11 is 0. The number of rotatable bonds is 5. The highest BCUT2D eigenvalue weighted by molar-refractivity contribution is 5.69. The van der Waals surface area contributed by atoms with Crippen molar-refractivity contribution in [3.8, 4) is 0 Å². The Labute approximate surface area is 98.8 Å². The highest BCUT2D eigenvalue weighted by Crippen LogP contribution is 2.22. The first kappa shape index (κ1) is 13.6. The fraction of sp³-hybridized carbons (Fsp3) is 0.417. The van der Waals surface area contributed by atoms with Crippen LogP contribution in [0.15, 0.2) is 18.2 Å². The maximum atomic E-state index is 13.5. The van der Waals surface area contributed by atoms with Crippen LogP contribution in [0.1, 0.15) is 24.4 Å². The van der Waals surface area contributed by atoms with Crippen LogP contribution in [0.3, 0.4) is 0 Å². The molecule has 1 atom stereocenters. The summed E-state index contributed by atoms with van der Waals surface area (Å²) in [6.45, 7) is 0. The van der Waals surface area contributed by atoms with Gasteiger partial charge in [-0.25, -0.2) is 8.78 Å².